The Hall–Kier alpha value is -3.80. The Morgan fingerprint density at radius 2 is 1.96 bits per heavy atom. The normalized spacial score (nSPS) is 10.5. The molecule has 0 aliphatic carbocycles. The van der Waals surface area contributed by atoms with E-state index in [-0.39, 0.29) is 11.7 Å². The Morgan fingerprint density at radius 3 is 2.77 bits per heavy atom. The lowest BCUT2D eigenvalue weighted by atomic mass is 10.2. The fraction of sp³-hybridized carbons (Fsp3) is 0. The Kier molecular flexibility index (Phi) is 4.22. The van der Waals surface area contributed by atoms with Gasteiger partial charge < -0.3 is 19.5 Å². The number of hydrogen-bond acceptors (Lipinski definition) is 4. The fourth-order valence-electron chi connectivity index (χ4n) is 2.49. The number of aromatic amines is 1. The summed E-state index contributed by atoms with van der Waals surface area (Å²) in [6.07, 6.45) is 4.99. The van der Waals surface area contributed by atoms with Crippen LogP contribution in [0.25, 0.3) is 11.4 Å². The van der Waals surface area contributed by atoms with Crippen LogP contribution >= 0.6 is 0 Å². The van der Waals surface area contributed by atoms with Crippen LogP contribution in [0.2, 0.25) is 0 Å². The van der Waals surface area contributed by atoms with E-state index in [1.807, 2.05) is 30.5 Å². The number of hydrogen-bond donors (Lipinski definition) is 2. The summed E-state index contributed by atoms with van der Waals surface area (Å²) in [6.45, 7) is 0. The Balaban J connectivity index is 1.50. The molecule has 4 rings (SSSR count). The second kappa shape index (κ2) is 6.98. The van der Waals surface area contributed by atoms with Gasteiger partial charge in [-0.1, -0.05) is 6.07 Å². The van der Waals surface area contributed by atoms with Crippen molar-refractivity contribution in [3.8, 4) is 22.9 Å². The molecule has 4 aromatic rings. The van der Waals surface area contributed by atoms with Crippen LogP contribution in [0.4, 0.5) is 5.69 Å². The highest BCUT2D eigenvalue weighted by atomic mass is 16.5. The van der Waals surface area contributed by atoms with E-state index in [1.54, 1.807) is 42.6 Å². The molecule has 26 heavy (non-hydrogen) atoms. The number of aromatic nitrogens is 2. The van der Waals surface area contributed by atoms with Gasteiger partial charge in [0.25, 0.3) is 5.91 Å². The fourth-order valence-corrected chi connectivity index (χ4v) is 2.49. The third-order valence-corrected chi connectivity index (χ3v) is 3.68. The van der Waals surface area contributed by atoms with Gasteiger partial charge in [0.05, 0.1) is 17.7 Å². The van der Waals surface area contributed by atoms with Gasteiger partial charge in [0.1, 0.15) is 11.5 Å². The van der Waals surface area contributed by atoms with Crippen molar-refractivity contribution in [3.05, 3.63) is 85.1 Å². The van der Waals surface area contributed by atoms with Gasteiger partial charge in [-0.15, -0.1) is 0 Å². The first-order chi connectivity index (χ1) is 12.8. The molecule has 0 aliphatic rings. The topological polar surface area (TPSA) is 80.1 Å². The van der Waals surface area contributed by atoms with Crippen LogP contribution < -0.4 is 10.1 Å². The highest BCUT2D eigenvalue weighted by Gasteiger charge is 2.09. The highest BCUT2D eigenvalue weighted by Crippen LogP contribution is 2.26. The van der Waals surface area contributed by atoms with E-state index in [0.717, 1.165) is 11.4 Å². The van der Waals surface area contributed by atoms with Gasteiger partial charge in [-0.25, -0.2) is 0 Å². The van der Waals surface area contributed by atoms with Crippen LogP contribution in [0.3, 0.4) is 0 Å². The number of anilines is 1. The SMILES string of the molecule is O=C(Nc1cccc(Oc2ccnc(-c3ccc[nH]3)c2)c1)c1ccco1. The third-order valence-electron chi connectivity index (χ3n) is 3.68. The molecule has 0 unspecified atom stereocenters. The Labute approximate surface area is 149 Å². The molecule has 0 spiro atoms. The van der Waals surface area contributed by atoms with Crippen molar-refractivity contribution in [2.45, 2.75) is 0 Å². The van der Waals surface area contributed by atoms with Crippen molar-refractivity contribution in [2.24, 2.45) is 0 Å². The van der Waals surface area contributed by atoms with Crippen LogP contribution in [0.1, 0.15) is 10.6 Å². The quantitative estimate of drug-likeness (QED) is 0.549. The molecule has 1 amide bonds. The summed E-state index contributed by atoms with van der Waals surface area (Å²) in [6, 6.07) is 17.9. The molecule has 6 nitrogen and oxygen atoms in total. The van der Waals surface area contributed by atoms with Gasteiger partial charge in [-0.2, -0.15) is 0 Å². The van der Waals surface area contributed by atoms with Crippen molar-refractivity contribution in [1.29, 1.82) is 0 Å². The van der Waals surface area contributed by atoms with E-state index < -0.39 is 0 Å². The van der Waals surface area contributed by atoms with Gasteiger partial charge in [0.2, 0.25) is 0 Å². The Bertz CT molecular complexity index is 1010. The number of nitrogens with one attached hydrogen (secondary N) is 2. The summed E-state index contributed by atoms with van der Waals surface area (Å²) in [5, 5.41) is 2.77. The van der Waals surface area contributed by atoms with Crippen LogP contribution in [-0.4, -0.2) is 15.9 Å². The van der Waals surface area contributed by atoms with Crippen LogP contribution in [0.15, 0.2) is 83.7 Å². The molecule has 3 aromatic heterocycles. The molecule has 2 N–H and O–H groups in total. The van der Waals surface area contributed by atoms with Crippen molar-refractivity contribution >= 4 is 11.6 Å². The van der Waals surface area contributed by atoms with Crippen LogP contribution in [0.5, 0.6) is 11.5 Å². The molecular formula is C20H15N3O3. The number of carbonyl (C=O) groups is 1. The van der Waals surface area contributed by atoms with Crippen LogP contribution in [-0.2, 0) is 0 Å². The van der Waals surface area contributed by atoms with E-state index in [9.17, 15) is 4.79 Å². The minimum Gasteiger partial charge on any atom is -0.459 e. The predicted octanol–water partition coefficient (Wildman–Crippen LogP) is 4.71. The van der Waals surface area contributed by atoms with E-state index in [0.29, 0.717) is 17.2 Å². The molecule has 0 aliphatic heterocycles. The number of nitrogens with zero attached hydrogens (tertiary/aromatic N) is 1. The van der Waals surface area contributed by atoms with E-state index in [4.69, 9.17) is 9.15 Å². The summed E-state index contributed by atoms with van der Waals surface area (Å²) in [4.78, 5) is 19.5. The van der Waals surface area contributed by atoms with Crippen molar-refractivity contribution in [2.75, 3.05) is 5.32 Å². The molecule has 128 valence electrons. The van der Waals surface area contributed by atoms with E-state index in [2.05, 4.69) is 15.3 Å². The zero-order chi connectivity index (χ0) is 17.8. The second-order valence-electron chi connectivity index (χ2n) is 5.52. The number of carbonyl (C=O) groups excluding carboxylic acids is 1. The summed E-state index contributed by atoms with van der Waals surface area (Å²) in [5.41, 5.74) is 2.31. The standard InChI is InChI=1S/C20H15N3O3/c24-20(19-7-3-11-25-19)23-14-4-1-5-15(12-14)26-16-8-10-22-18(13-16)17-6-2-9-21-17/h1-13,21H,(H,23,24). The summed E-state index contributed by atoms with van der Waals surface area (Å²) in [5.74, 6) is 1.19. The van der Waals surface area contributed by atoms with Gasteiger partial charge in [-0.3, -0.25) is 9.78 Å². The smallest absolute Gasteiger partial charge is 0.291 e. The molecule has 0 saturated heterocycles. The first-order valence-electron chi connectivity index (χ1n) is 8.00. The number of benzene rings is 1. The number of H-pyrrole nitrogens is 1. The van der Waals surface area contributed by atoms with Crippen molar-refractivity contribution in [1.82, 2.24) is 9.97 Å². The maximum absolute atomic E-state index is 12.1. The zero-order valence-corrected chi connectivity index (χ0v) is 13.7. The van der Waals surface area contributed by atoms with Gasteiger partial charge in [-0.05, 0) is 42.5 Å². The van der Waals surface area contributed by atoms with Crippen molar-refractivity contribution < 1.29 is 13.9 Å². The molecule has 1 aromatic carbocycles. The first kappa shape index (κ1) is 15.7. The molecular weight excluding hydrogens is 330 g/mol. The minimum absolute atomic E-state index is 0.251. The Morgan fingerprint density at radius 1 is 1.04 bits per heavy atom. The number of furan rings is 1. The van der Waals surface area contributed by atoms with Crippen molar-refractivity contribution in [3.63, 3.8) is 0 Å². The molecule has 0 fully saturated rings. The van der Waals surface area contributed by atoms with Gasteiger partial charge >= 0.3 is 0 Å². The number of ether oxygens (including phenoxy) is 1. The number of pyridine rings is 1. The molecule has 0 atom stereocenters. The number of amides is 1. The van der Waals surface area contributed by atoms with Gasteiger partial charge in [0, 0.05) is 30.2 Å². The van der Waals surface area contributed by atoms with Gasteiger partial charge in [0.15, 0.2) is 5.76 Å². The van der Waals surface area contributed by atoms with E-state index >= 15 is 0 Å². The third kappa shape index (κ3) is 3.49. The maximum atomic E-state index is 12.1. The second-order valence-corrected chi connectivity index (χ2v) is 5.52. The molecule has 3 heterocycles. The monoisotopic (exact) mass is 345 g/mol. The lowest BCUT2D eigenvalue weighted by Crippen LogP contribution is -2.10. The number of rotatable bonds is 5. The summed E-state index contributed by atoms with van der Waals surface area (Å²) >= 11 is 0. The lowest BCUT2D eigenvalue weighted by Gasteiger charge is -2.09. The average Bonchev–Trinajstić information content (AvgIpc) is 3.36. The van der Waals surface area contributed by atoms with E-state index in [1.165, 1.54) is 6.26 Å². The highest BCUT2D eigenvalue weighted by molar-refractivity contribution is 6.02. The summed E-state index contributed by atoms with van der Waals surface area (Å²) in [7, 11) is 0. The minimum atomic E-state index is -0.315. The summed E-state index contributed by atoms with van der Waals surface area (Å²) < 4.78 is 11.0. The molecule has 0 saturated carbocycles. The lowest BCUT2D eigenvalue weighted by molar-refractivity contribution is 0.0996. The molecule has 0 bridgehead atoms. The average molecular weight is 345 g/mol. The maximum Gasteiger partial charge on any atom is 0.291 e. The first-order valence-corrected chi connectivity index (χ1v) is 8.00. The molecule has 6 heteroatoms. The van der Waals surface area contributed by atoms with Crippen LogP contribution in [0, 0.1) is 0 Å². The predicted molar refractivity (Wildman–Crippen MR) is 97.2 cm³/mol. The molecule has 0 radical (unpaired) electrons. The zero-order valence-electron chi connectivity index (χ0n) is 13.7. The largest absolute Gasteiger partial charge is 0.459 e.